The van der Waals surface area contributed by atoms with E-state index in [1.807, 2.05) is 0 Å². The molecule has 1 fully saturated rings. The zero-order valence-corrected chi connectivity index (χ0v) is 9.60. The fraction of sp³-hybridized carbons (Fsp3) is 0.385. The van der Waals surface area contributed by atoms with Crippen LogP contribution < -0.4 is 0 Å². The van der Waals surface area contributed by atoms with Gasteiger partial charge in [-0.25, -0.2) is 4.39 Å². The van der Waals surface area contributed by atoms with Gasteiger partial charge in [0.25, 0.3) is 0 Å². The molecule has 0 heterocycles. The zero-order valence-electron chi connectivity index (χ0n) is 9.60. The van der Waals surface area contributed by atoms with Crippen molar-refractivity contribution in [3.05, 3.63) is 35.6 Å². The molecule has 96 valence electrons. The van der Waals surface area contributed by atoms with Gasteiger partial charge in [0.2, 0.25) is 0 Å². The van der Waals surface area contributed by atoms with Crippen molar-refractivity contribution in [1.29, 1.82) is 0 Å². The van der Waals surface area contributed by atoms with Gasteiger partial charge in [0.05, 0.1) is 0 Å². The maximum Gasteiger partial charge on any atom is 0.321 e. The summed E-state index contributed by atoms with van der Waals surface area (Å²) in [4.78, 5) is 21.9. The summed E-state index contributed by atoms with van der Waals surface area (Å²) in [5.74, 6) is -2.93. The highest BCUT2D eigenvalue weighted by atomic mass is 19.1. The molecule has 1 aliphatic carbocycles. The average molecular weight is 252 g/mol. The Morgan fingerprint density at radius 1 is 1.28 bits per heavy atom. The Morgan fingerprint density at radius 3 is 2.39 bits per heavy atom. The van der Waals surface area contributed by atoms with Crippen LogP contribution in [0, 0.1) is 17.2 Å². The molecule has 4 nitrogen and oxygen atoms in total. The highest BCUT2D eigenvalue weighted by Gasteiger charge is 2.56. The van der Waals surface area contributed by atoms with Gasteiger partial charge in [0, 0.05) is 0 Å². The molecule has 1 aliphatic rings. The lowest BCUT2D eigenvalue weighted by molar-refractivity contribution is -0.175. The van der Waals surface area contributed by atoms with Crippen molar-refractivity contribution >= 4 is 11.9 Å². The van der Waals surface area contributed by atoms with Crippen LogP contribution in [0.5, 0.6) is 0 Å². The van der Waals surface area contributed by atoms with E-state index in [0.717, 1.165) is 5.56 Å². The first-order chi connectivity index (χ1) is 8.44. The van der Waals surface area contributed by atoms with Crippen LogP contribution in [0.1, 0.15) is 18.4 Å². The summed E-state index contributed by atoms with van der Waals surface area (Å²) in [6.07, 6.45) is 0.725. The fourth-order valence-corrected chi connectivity index (χ4v) is 2.51. The Labute approximate surface area is 103 Å². The summed E-state index contributed by atoms with van der Waals surface area (Å²) in [6.45, 7) is 0. The SMILES string of the molecule is O=C(O)C1(C(=O)O)CC(Cc2cccc(F)c2)C1. The molecule has 1 saturated carbocycles. The van der Waals surface area contributed by atoms with Gasteiger partial charge in [-0.15, -0.1) is 0 Å². The summed E-state index contributed by atoms with van der Waals surface area (Å²) in [7, 11) is 0. The van der Waals surface area contributed by atoms with Gasteiger partial charge in [-0.3, -0.25) is 9.59 Å². The lowest BCUT2D eigenvalue weighted by atomic mass is 9.60. The van der Waals surface area contributed by atoms with E-state index in [1.165, 1.54) is 12.1 Å². The van der Waals surface area contributed by atoms with Crippen molar-refractivity contribution < 1.29 is 24.2 Å². The molecule has 1 aromatic carbocycles. The number of hydrogen-bond acceptors (Lipinski definition) is 2. The van der Waals surface area contributed by atoms with E-state index in [4.69, 9.17) is 10.2 Å². The first-order valence-corrected chi connectivity index (χ1v) is 5.65. The number of halogens is 1. The van der Waals surface area contributed by atoms with Gasteiger partial charge in [0.1, 0.15) is 5.82 Å². The number of benzene rings is 1. The summed E-state index contributed by atoms with van der Waals surface area (Å²) in [6, 6.07) is 6.07. The largest absolute Gasteiger partial charge is 0.480 e. The second-order valence-electron chi connectivity index (χ2n) is 4.80. The number of rotatable bonds is 4. The second-order valence-corrected chi connectivity index (χ2v) is 4.80. The van der Waals surface area contributed by atoms with E-state index in [0.29, 0.717) is 6.42 Å². The molecule has 2 rings (SSSR count). The van der Waals surface area contributed by atoms with E-state index in [-0.39, 0.29) is 24.6 Å². The predicted molar refractivity (Wildman–Crippen MR) is 60.5 cm³/mol. The first-order valence-electron chi connectivity index (χ1n) is 5.65. The number of carboxylic acids is 2. The number of carboxylic acid groups (broad SMARTS) is 2. The molecule has 18 heavy (non-hydrogen) atoms. The Hall–Kier alpha value is -1.91. The smallest absolute Gasteiger partial charge is 0.321 e. The number of carbonyl (C=O) groups is 2. The highest BCUT2D eigenvalue weighted by Crippen LogP contribution is 2.47. The maximum atomic E-state index is 13.0. The molecule has 2 N–H and O–H groups in total. The number of aliphatic carboxylic acids is 2. The zero-order chi connectivity index (χ0) is 13.3. The molecule has 0 aromatic heterocycles. The van der Waals surface area contributed by atoms with Crippen LogP contribution in [0.3, 0.4) is 0 Å². The van der Waals surface area contributed by atoms with Gasteiger partial charge < -0.3 is 10.2 Å². The summed E-state index contributed by atoms with van der Waals surface area (Å²) >= 11 is 0. The fourth-order valence-electron chi connectivity index (χ4n) is 2.51. The Morgan fingerprint density at radius 2 is 1.89 bits per heavy atom. The Kier molecular flexibility index (Phi) is 3.07. The van der Waals surface area contributed by atoms with Crippen LogP contribution in [0.15, 0.2) is 24.3 Å². The molecule has 0 radical (unpaired) electrons. The van der Waals surface area contributed by atoms with Gasteiger partial charge in [-0.2, -0.15) is 0 Å². The van der Waals surface area contributed by atoms with Gasteiger partial charge in [0.15, 0.2) is 5.41 Å². The van der Waals surface area contributed by atoms with Crippen LogP contribution in [-0.2, 0) is 16.0 Å². The van der Waals surface area contributed by atoms with Crippen LogP contribution in [0.2, 0.25) is 0 Å². The standard InChI is InChI=1S/C13H13FO4/c14-10-3-1-2-8(5-10)4-9-6-13(7-9,11(15)16)12(17)18/h1-3,5,9H,4,6-7H2,(H,15,16)(H,17,18). The van der Waals surface area contributed by atoms with Crippen LogP contribution in [-0.4, -0.2) is 22.2 Å². The third-order valence-electron chi connectivity index (χ3n) is 3.51. The molecular weight excluding hydrogens is 239 g/mol. The van der Waals surface area contributed by atoms with E-state index >= 15 is 0 Å². The average Bonchev–Trinajstić information content (AvgIpc) is 2.21. The van der Waals surface area contributed by atoms with Crippen LogP contribution in [0.4, 0.5) is 4.39 Å². The lowest BCUT2D eigenvalue weighted by Crippen LogP contribution is -2.50. The molecule has 0 bridgehead atoms. The molecule has 0 saturated heterocycles. The summed E-state index contributed by atoms with van der Waals surface area (Å²) in [5, 5.41) is 17.9. The topological polar surface area (TPSA) is 74.6 Å². The minimum absolute atomic E-state index is 0.0148. The van der Waals surface area contributed by atoms with E-state index in [9.17, 15) is 14.0 Å². The monoisotopic (exact) mass is 252 g/mol. The quantitative estimate of drug-likeness (QED) is 0.803. The third-order valence-corrected chi connectivity index (χ3v) is 3.51. The van der Waals surface area contributed by atoms with Crippen molar-refractivity contribution in [2.24, 2.45) is 11.3 Å². The number of hydrogen-bond donors (Lipinski definition) is 2. The van der Waals surface area contributed by atoms with Gasteiger partial charge in [-0.1, -0.05) is 12.1 Å². The molecule has 0 atom stereocenters. The van der Waals surface area contributed by atoms with Gasteiger partial charge >= 0.3 is 11.9 Å². The predicted octanol–water partition coefficient (Wildman–Crippen LogP) is 1.93. The van der Waals surface area contributed by atoms with E-state index in [2.05, 4.69) is 0 Å². The maximum absolute atomic E-state index is 13.0. The van der Waals surface area contributed by atoms with Crippen molar-refractivity contribution in [2.45, 2.75) is 19.3 Å². The molecule has 0 spiro atoms. The van der Waals surface area contributed by atoms with Crippen molar-refractivity contribution in [3.8, 4) is 0 Å². The molecule has 1 aromatic rings. The molecular formula is C13H13FO4. The normalized spacial score (nSPS) is 18.1. The Bertz CT molecular complexity index is 476. The third kappa shape index (κ3) is 2.08. The van der Waals surface area contributed by atoms with Crippen molar-refractivity contribution in [1.82, 2.24) is 0 Å². The van der Waals surface area contributed by atoms with Gasteiger partial charge in [-0.05, 0) is 42.9 Å². The summed E-state index contributed by atoms with van der Waals surface area (Å²) < 4.78 is 13.0. The van der Waals surface area contributed by atoms with Crippen LogP contribution in [0.25, 0.3) is 0 Å². The molecule has 0 amide bonds. The first kappa shape index (κ1) is 12.5. The van der Waals surface area contributed by atoms with Crippen LogP contribution >= 0.6 is 0 Å². The lowest BCUT2D eigenvalue weighted by Gasteiger charge is -2.41. The molecule has 5 heteroatoms. The van der Waals surface area contributed by atoms with E-state index < -0.39 is 17.4 Å². The minimum Gasteiger partial charge on any atom is -0.480 e. The molecule has 0 aliphatic heterocycles. The minimum atomic E-state index is -1.64. The van der Waals surface area contributed by atoms with Crippen molar-refractivity contribution in [3.63, 3.8) is 0 Å². The summed E-state index contributed by atoms with van der Waals surface area (Å²) in [5.41, 5.74) is -0.873. The molecule has 0 unspecified atom stereocenters. The Balaban J connectivity index is 2.01. The second kappa shape index (κ2) is 4.40. The van der Waals surface area contributed by atoms with Crippen molar-refractivity contribution in [2.75, 3.05) is 0 Å². The highest BCUT2D eigenvalue weighted by molar-refractivity contribution is 5.99. The van der Waals surface area contributed by atoms with E-state index in [1.54, 1.807) is 12.1 Å².